The van der Waals surface area contributed by atoms with Gasteiger partial charge in [0.2, 0.25) is 5.78 Å². The maximum atomic E-state index is 12.9. The number of Topliss-reactive ketones (excluding diaryl/α,β-unsaturated/α-hetero) is 1. The molecule has 2 heterocycles. The molecule has 0 aliphatic carbocycles. The Morgan fingerprint density at radius 2 is 1.74 bits per heavy atom. The molecule has 0 bridgehead atoms. The minimum atomic E-state index is -0.363. The molecule has 0 unspecified atom stereocenters. The molecular formula is C25H18N4O2. The van der Waals surface area contributed by atoms with Gasteiger partial charge in [-0.05, 0) is 54.6 Å². The Hall–Kier alpha value is -4.50. The van der Waals surface area contributed by atoms with Gasteiger partial charge < -0.3 is 4.74 Å². The Morgan fingerprint density at radius 3 is 2.39 bits per heavy atom. The van der Waals surface area contributed by atoms with Crippen LogP contribution in [0.4, 0.5) is 0 Å². The zero-order chi connectivity index (χ0) is 21.6. The van der Waals surface area contributed by atoms with Gasteiger partial charge in [-0.3, -0.25) is 9.78 Å². The van der Waals surface area contributed by atoms with Crippen LogP contribution in [0, 0.1) is 11.3 Å². The highest BCUT2D eigenvalue weighted by Gasteiger charge is 2.16. The summed E-state index contributed by atoms with van der Waals surface area (Å²) >= 11 is 0. The number of allylic oxidation sites excluding steroid dienone is 1. The van der Waals surface area contributed by atoms with Gasteiger partial charge in [0.15, 0.2) is 0 Å². The lowest BCUT2D eigenvalue weighted by molar-refractivity contribution is 0.104. The molecule has 0 fully saturated rings. The first-order valence-corrected chi connectivity index (χ1v) is 9.55. The fourth-order valence-corrected chi connectivity index (χ4v) is 3.14. The van der Waals surface area contributed by atoms with Crippen LogP contribution in [-0.4, -0.2) is 27.7 Å². The molecule has 6 heteroatoms. The molecule has 0 aliphatic rings. The van der Waals surface area contributed by atoms with E-state index in [-0.39, 0.29) is 11.4 Å². The second-order valence-corrected chi connectivity index (χ2v) is 6.68. The fourth-order valence-electron chi connectivity index (χ4n) is 3.14. The highest BCUT2D eigenvalue weighted by Crippen LogP contribution is 2.26. The van der Waals surface area contributed by atoms with E-state index in [1.165, 1.54) is 0 Å². The summed E-state index contributed by atoms with van der Waals surface area (Å²) in [6, 6.07) is 22.0. The number of benzene rings is 2. The number of nitriles is 1. The molecule has 0 saturated carbocycles. The summed E-state index contributed by atoms with van der Waals surface area (Å²) in [7, 11) is 1.56. The summed E-state index contributed by atoms with van der Waals surface area (Å²) in [5.74, 6) is 0.279. The minimum Gasteiger partial charge on any atom is -0.497 e. The summed E-state index contributed by atoms with van der Waals surface area (Å²) in [6.45, 7) is 0. The van der Waals surface area contributed by atoms with Gasteiger partial charge in [0, 0.05) is 35.3 Å². The molecule has 2 aromatic carbocycles. The summed E-state index contributed by atoms with van der Waals surface area (Å²) < 4.78 is 6.86. The van der Waals surface area contributed by atoms with Crippen molar-refractivity contribution in [3.05, 3.63) is 102 Å². The van der Waals surface area contributed by atoms with E-state index in [9.17, 15) is 10.1 Å². The Bertz CT molecular complexity index is 1270. The fraction of sp³-hybridized carbons (Fsp3) is 0.0400. The zero-order valence-corrected chi connectivity index (χ0v) is 16.8. The normalized spacial score (nSPS) is 11.0. The van der Waals surface area contributed by atoms with Crippen molar-refractivity contribution in [1.82, 2.24) is 14.8 Å². The van der Waals surface area contributed by atoms with E-state index in [2.05, 4.69) is 4.98 Å². The van der Waals surface area contributed by atoms with E-state index < -0.39 is 0 Å². The molecular weight excluding hydrogens is 388 g/mol. The monoisotopic (exact) mass is 406 g/mol. The molecule has 31 heavy (non-hydrogen) atoms. The number of carbonyl (C=O) groups excluding carboxylic acids is 1. The third kappa shape index (κ3) is 4.26. The van der Waals surface area contributed by atoms with E-state index in [1.54, 1.807) is 54.5 Å². The summed E-state index contributed by atoms with van der Waals surface area (Å²) in [6.07, 6.45) is 6.74. The SMILES string of the molecule is COc1ccc(C(=O)/C(C#N)=C/c2cn(-c3ccccc3)nc2-c2ccncc2)cc1. The number of rotatable bonds is 6. The molecule has 4 aromatic rings. The quantitative estimate of drug-likeness (QED) is 0.263. The summed E-state index contributed by atoms with van der Waals surface area (Å²) in [5, 5.41) is 14.4. The number of ketones is 1. The number of para-hydroxylation sites is 1. The number of ether oxygens (including phenoxy) is 1. The van der Waals surface area contributed by atoms with Crippen LogP contribution >= 0.6 is 0 Å². The molecule has 0 N–H and O–H groups in total. The second-order valence-electron chi connectivity index (χ2n) is 6.68. The average Bonchev–Trinajstić information content (AvgIpc) is 3.27. The van der Waals surface area contributed by atoms with Gasteiger partial charge in [0.05, 0.1) is 12.8 Å². The van der Waals surface area contributed by atoms with E-state index in [4.69, 9.17) is 9.84 Å². The van der Waals surface area contributed by atoms with Crippen molar-refractivity contribution < 1.29 is 9.53 Å². The number of methoxy groups -OCH3 is 1. The van der Waals surface area contributed by atoms with Crippen LogP contribution in [0.25, 0.3) is 23.0 Å². The molecule has 150 valence electrons. The molecule has 4 rings (SSSR count). The van der Waals surface area contributed by atoms with Crippen molar-refractivity contribution in [2.45, 2.75) is 0 Å². The maximum absolute atomic E-state index is 12.9. The Labute approximate surface area is 179 Å². The number of nitrogens with zero attached hydrogens (tertiary/aromatic N) is 4. The van der Waals surface area contributed by atoms with Gasteiger partial charge in [-0.1, -0.05) is 18.2 Å². The first-order valence-electron chi connectivity index (χ1n) is 9.55. The lowest BCUT2D eigenvalue weighted by Gasteiger charge is -2.03. The third-order valence-electron chi connectivity index (χ3n) is 4.73. The van der Waals surface area contributed by atoms with Gasteiger partial charge in [-0.2, -0.15) is 10.4 Å². The van der Waals surface area contributed by atoms with Crippen molar-refractivity contribution in [3.8, 4) is 28.8 Å². The molecule has 0 radical (unpaired) electrons. The largest absolute Gasteiger partial charge is 0.497 e. The molecule has 6 nitrogen and oxygen atoms in total. The Balaban J connectivity index is 1.79. The van der Waals surface area contributed by atoms with Crippen LogP contribution in [0.15, 0.2) is 90.9 Å². The molecule has 0 amide bonds. The zero-order valence-electron chi connectivity index (χ0n) is 16.8. The molecule has 0 atom stereocenters. The predicted octanol–water partition coefficient (Wildman–Crippen LogP) is 4.73. The lowest BCUT2D eigenvalue weighted by atomic mass is 10.0. The maximum Gasteiger partial charge on any atom is 0.203 e. The Morgan fingerprint density at radius 1 is 1.03 bits per heavy atom. The van der Waals surface area contributed by atoms with Crippen molar-refractivity contribution in [3.63, 3.8) is 0 Å². The number of carbonyl (C=O) groups is 1. The number of pyridine rings is 1. The lowest BCUT2D eigenvalue weighted by Crippen LogP contribution is -2.02. The number of aromatic nitrogens is 3. The van der Waals surface area contributed by atoms with E-state index in [1.807, 2.05) is 54.7 Å². The van der Waals surface area contributed by atoms with Crippen LogP contribution in [0.1, 0.15) is 15.9 Å². The van der Waals surface area contributed by atoms with Gasteiger partial charge in [-0.25, -0.2) is 4.68 Å². The Kier molecular flexibility index (Phi) is 5.68. The second kappa shape index (κ2) is 8.89. The standard InChI is InChI=1S/C25H18N4O2/c1-31-23-9-7-19(8-10-23)25(30)20(16-26)15-21-17-29(22-5-3-2-4-6-22)28-24(21)18-11-13-27-14-12-18/h2-15,17H,1H3/b20-15+. The predicted molar refractivity (Wildman–Crippen MR) is 118 cm³/mol. The van der Waals surface area contributed by atoms with Crippen molar-refractivity contribution in [1.29, 1.82) is 5.26 Å². The van der Waals surface area contributed by atoms with E-state index in [0.29, 0.717) is 22.6 Å². The highest BCUT2D eigenvalue weighted by molar-refractivity contribution is 6.14. The molecule has 2 aromatic heterocycles. The van der Waals surface area contributed by atoms with Gasteiger partial charge in [0.1, 0.15) is 23.1 Å². The van der Waals surface area contributed by atoms with Crippen molar-refractivity contribution in [2.75, 3.05) is 7.11 Å². The minimum absolute atomic E-state index is 0.0214. The van der Waals surface area contributed by atoms with Gasteiger partial charge in [-0.15, -0.1) is 0 Å². The van der Waals surface area contributed by atoms with E-state index in [0.717, 1.165) is 11.3 Å². The number of hydrogen-bond acceptors (Lipinski definition) is 5. The van der Waals surface area contributed by atoms with Gasteiger partial charge in [0.25, 0.3) is 0 Å². The molecule has 0 spiro atoms. The summed E-state index contributed by atoms with van der Waals surface area (Å²) in [5.41, 5.74) is 3.46. The smallest absolute Gasteiger partial charge is 0.203 e. The first kappa shape index (κ1) is 19.8. The van der Waals surface area contributed by atoms with Crippen molar-refractivity contribution >= 4 is 11.9 Å². The van der Waals surface area contributed by atoms with Gasteiger partial charge >= 0.3 is 0 Å². The first-order chi connectivity index (χ1) is 15.2. The van der Waals surface area contributed by atoms with Crippen molar-refractivity contribution in [2.24, 2.45) is 0 Å². The molecule has 0 aliphatic heterocycles. The topological polar surface area (TPSA) is 80.8 Å². The van der Waals surface area contributed by atoms with Crippen LogP contribution in [0.3, 0.4) is 0 Å². The van der Waals surface area contributed by atoms with Crippen LogP contribution < -0.4 is 4.74 Å². The van der Waals surface area contributed by atoms with Crippen LogP contribution in [0.2, 0.25) is 0 Å². The summed E-state index contributed by atoms with van der Waals surface area (Å²) in [4.78, 5) is 17.0. The highest BCUT2D eigenvalue weighted by atomic mass is 16.5. The average molecular weight is 406 g/mol. The molecule has 0 saturated heterocycles. The van der Waals surface area contributed by atoms with Crippen LogP contribution in [0.5, 0.6) is 5.75 Å². The van der Waals surface area contributed by atoms with E-state index >= 15 is 0 Å². The third-order valence-corrected chi connectivity index (χ3v) is 4.73. The van der Waals surface area contributed by atoms with Crippen LogP contribution in [-0.2, 0) is 0 Å². The number of hydrogen-bond donors (Lipinski definition) is 0.